The van der Waals surface area contributed by atoms with E-state index in [0.29, 0.717) is 0 Å². The number of allylic oxidation sites excluding steroid dienone is 1. The Morgan fingerprint density at radius 3 is 2.82 bits per heavy atom. The highest BCUT2D eigenvalue weighted by Crippen LogP contribution is 2.57. The Morgan fingerprint density at radius 1 is 1.35 bits per heavy atom. The Bertz CT molecular complexity index is 472. The second kappa shape index (κ2) is 3.85. The number of ether oxygens (including phenoxy) is 1. The summed E-state index contributed by atoms with van der Waals surface area (Å²) in [5.41, 5.74) is 4.31. The van der Waals surface area contributed by atoms with E-state index >= 15 is 0 Å². The lowest BCUT2D eigenvalue weighted by molar-refractivity contribution is 0.0654. The minimum Gasteiger partial charge on any atom is -0.368 e. The predicted octanol–water partition coefficient (Wildman–Crippen LogP) is 4.04. The molecular formula is C16H18O. The van der Waals surface area contributed by atoms with Crippen LogP contribution in [0.1, 0.15) is 31.4 Å². The molecule has 2 atom stereocenters. The third kappa shape index (κ3) is 1.42. The molecule has 1 heteroatoms. The zero-order valence-corrected chi connectivity index (χ0v) is 10.3. The van der Waals surface area contributed by atoms with Crippen LogP contribution in [0.15, 0.2) is 54.1 Å². The summed E-state index contributed by atoms with van der Waals surface area (Å²) in [5, 5.41) is 0. The number of fused-ring (bicyclic) bond motifs is 1. The van der Waals surface area contributed by atoms with Crippen molar-refractivity contribution in [3.05, 3.63) is 59.7 Å². The Balaban J connectivity index is 2.07. The highest BCUT2D eigenvalue weighted by Gasteiger charge is 2.49. The van der Waals surface area contributed by atoms with E-state index in [0.717, 1.165) is 13.0 Å². The minimum absolute atomic E-state index is 0.0609. The molecule has 0 aromatic heterocycles. The largest absolute Gasteiger partial charge is 0.368 e. The van der Waals surface area contributed by atoms with E-state index in [1.807, 2.05) is 0 Å². The van der Waals surface area contributed by atoms with Crippen molar-refractivity contribution < 1.29 is 4.74 Å². The predicted molar refractivity (Wildman–Crippen MR) is 69.7 cm³/mol. The van der Waals surface area contributed by atoms with Crippen LogP contribution in [0.4, 0.5) is 0 Å². The summed E-state index contributed by atoms with van der Waals surface area (Å²) in [5.74, 6) is 0. The molecular weight excluding hydrogens is 208 g/mol. The van der Waals surface area contributed by atoms with Gasteiger partial charge in [0, 0.05) is 5.41 Å². The number of benzene rings is 1. The van der Waals surface area contributed by atoms with Crippen LogP contribution in [0.2, 0.25) is 0 Å². The van der Waals surface area contributed by atoms with Gasteiger partial charge in [0.05, 0.1) is 12.7 Å². The molecule has 1 aliphatic carbocycles. The van der Waals surface area contributed by atoms with Crippen molar-refractivity contribution in [3.8, 4) is 0 Å². The van der Waals surface area contributed by atoms with Crippen LogP contribution in [-0.2, 0) is 4.74 Å². The Kier molecular flexibility index (Phi) is 2.44. The molecule has 1 fully saturated rings. The average Bonchev–Trinajstić information content (AvgIpc) is 2.90. The minimum atomic E-state index is 0.0609. The molecule has 3 rings (SSSR count). The van der Waals surface area contributed by atoms with Gasteiger partial charge in [-0.2, -0.15) is 0 Å². The Hall–Kier alpha value is -1.34. The molecule has 17 heavy (non-hydrogen) atoms. The van der Waals surface area contributed by atoms with E-state index in [-0.39, 0.29) is 11.5 Å². The van der Waals surface area contributed by atoms with Crippen molar-refractivity contribution in [3.63, 3.8) is 0 Å². The first-order valence-corrected chi connectivity index (χ1v) is 6.27. The summed E-state index contributed by atoms with van der Waals surface area (Å²) >= 11 is 0. The van der Waals surface area contributed by atoms with Crippen molar-refractivity contribution in [1.82, 2.24) is 0 Å². The molecule has 1 nitrogen and oxygen atoms in total. The summed E-state index contributed by atoms with van der Waals surface area (Å²) in [6, 6.07) is 10.5. The van der Waals surface area contributed by atoms with Crippen LogP contribution in [0.5, 0.6) is 0 Å². The second-order valence-electron chi connectivity index (χ2n) is 5.11. The first-order valence-electron chi connectivity index (χ1n) is 6.27. The summed E-state index contributed by atoms with van der Waals surface area (Å²) in [4.78, 5) is 0. The van der Waals surface area contributed by atoms with Crippen molar-refractivity contribution in [2.24, 2.45) is 5.41 Å². The van der Waals surface area contributed by atoms with Gasteiger partial charge >= 0.3 is 0 Å². The normalized spacial score (nSPS) is 31.7. The molecule has 0 radical (unpaired) electrons. The molecule has 0 amide bonds. The van der Waals surface area contributed by atoms with Gasteiger partial charge in [0.1, 0.15) is 0 Å². The second-order valence-corrected chi connectivity index (χ2v) is 5.11. The average molecular weight is 226 g/mol. The van der Waals surface area contributed by atoms with Gasteiger partial charge in [-0.25, -0.2) is 0 Å². The van der Waals surface area contributed by atoms with Crippen molar-refractivity contribution in [2.75, 3.05) is 6.61 Å². The van der Waals surface area contributed by atoms with E-state index in [4.69, 9.17) is 4.74 Å². The fourth-order valence-electron chi connectivity index (χ4n) is 3.31. The van der Waals surface area contributed by atoms with Gasteiger partial charge in [-0.3, -0.25) is 0 Å². The monoisotopic (exact) mass is 226 g/mol. The summed E-state index contributed by atoms with van der Waals surface area (Å²) in [6.45, 7) is 7.08. The van der Waals surface area contributed by atoms with Gasteiger partial charge in [0.2, 0.25) is 0 Å². The van der Waals surface area contributed by atoms with Crippen LogP contribution in [-0.4, -0.2) is 6.61 Å². The summed E-state index contributed by atoms with van der Waals surface area (Å²) in [6.07, 6.45) is 4.61. The van der Waals surface area contributed by atoms with Crippen LogP contribution >= 0.6 is 0 Å². The standard InChI is InChI=1S/C16H18O/c1-3-16-10-9-12(2)14(16)11-17-15(16)13-7-5-4-6-8-13/h3-8,15H,1,9-11H2,2H3/t15-,16-/m1/s1. The molecule has 1 aromatic carbocycles. The smallest absolute Gasteiger partial charge is 0.0958 e. The van der Waals surface area contributed by atoms with Crippen LogP contribution < -0.4 is 0 Å². The van der Waals surface area contributed by atoms with Crippen molar-refractivity contribution in [2.45, 2.75) is 25.9 Å². The van der Waals surface area contributed by atoms with E-state index in [2.05, 4.69) is 49.9 Å². The van der Waals surface area contributed by atoms with Crippen LogP contribution in [0, 0.1) is 5.41 Å². The van der Waals surface area contributed by atoms with Gasteiger partial charge in [0.15, 0.2) is 0 Å². The molecule has 0 spiro atoms. The number of hydrogen-bond donors (Lipinski definition) is 0. The van der Waals surface area contributed by atoms with Gasteiger partial charge < -0.3 is 4.74 Å². The summed E-state index contributed by atoms with van der Waals surface area (Å²) < 4.78 is 6.04. The van der Waals surface area contributed by atoms with Crippen LogP contribution in [0.25, 0.3) is 0 Å². The number of rotatable bonds is 2. The molecule has 1 aliphatic heterocycles. The van der Waals surface area contributed by atoms with Gasteiger partial charge in [-0.15, -0.1) is 6.58 Å². The van der Waals surface area contributed by atoms with E-state index in [1.165, 1.54) is 23.1 Å². The van der Waals surface area contributed by atoms with E-state index in [9.17, 15) is 0 Å². The zero-order valence-electron chi connectivity index (χ0n) is 10.3. The third-order valence-electron chi connectivity index (χ3n) is 4.32. The lowest BCUT2D eigenvalue weighted by Gasteiger charge is -2.29. The lowest BCUT2D eigenvalue weighted by Crippen LogP contribution is -2.21. The molecule has 1 saturated heterocycles. The molecule has 88 valence electrons. The molecule has 1 heterocycles. The highest BCUT2D eigenvalue weighted by molar-refractivity contribution is 5.40. The van der Waals surface area contributed by atoms with Gasteiger partial charge in [-0.05, 0) is 30.9 Å². The molecule has 0 bridgehead atoms. The van der Waals surface area contributed by atoms with E-state index < -0.39 is 0 Å². The topological polar surface area (TPSA) is 9.23 Å². The number of hydrogen-bond acceptors (Lipinski definition) is 1. The fourth-order valence-corrected chi connectivity index (χ4v) is 3.31. The first-order chi connectivity index (χ1) is 8.28. The van der Waals surface area contributed by atoms with Crippen LogP contribution in [0.3, 0.4) is 0 Å². The summed E-state index contributed by atoms with van der Waals surface area (Å²) in [7, 11) is 0. The maximum Gasteiger partial charge on any atom is 0.0958 e. The maximum absolute atomic E-state index is 6.04. The highest BCUT2D eigenvalue weighted by atomic mass is 16.5. The Labute approximate surface area is 103 Å². The SMILES string of the molecule is C=C[C@@]12CCC(C)=C1CO[C@@H]2c1ccccc1. The van der Waals surface area contributed by atoms with Crippen molar-refractivity contribution >= 4 is 0 Å². The molecule has 0 unspecified atom stereocenters. The van der Waals surface area contributed by atoms with Gasteiger partial charge in [-0.1, -0.05) is 42.0 Å². The van der Waals surface area contributed by atoms with Gasteiger partial charge in [0.25, 0.3) is 0 Å². The molecule has 1 aromatic rings. The third-order valence-corrected chi connectivity index (χ3v) is 4.32. The zero-order chi connectivity index (χ0) is 11.9. The van der Waals surface area contributed by atoms with E-state index in [1.54, 1.807) is 0 Å². The molecule has 2 aliphatic rings. The lowest BCUT2D eigenvalue weighted by atomic mass is 9.75. The Morgan fingerprint density at radius 2 is 2.12 bits per heavy atom. The maximum atomic E-state index is 6.04. The molecule has 0 N–H and O–H groups in total. The molecule has 0 saturated carbocycles. The quantitative estimate of drug-likeness (QED) is 0.691. The first kappa shape index (κ1) is 10.8. The fraction of sp³-hybridized carbons (Fsp3) is 0.375. The van der Waals surface area contributed by atoms with Crippen molar-refractivity contribution in [1.29, 1.82) is 0 Å².